The molecule has 0 spiro atoms. The van der Waals surface area contributed by atoms with Crippen LogP contribution in [0.4, 0.5) is 0 Å². The summed E-state index contributed by atoms with van der Waals surface area (Å²) in [7, 11) is 0. The van der Waals surface area contributed by atoms with Gasteiger partial charge in [0.2, 0.25) is 0 Å². The fourth-order valence-electron chi connectivity index (χ4n) is 1.96. The van der Waals surface area contributed by atoms with Gasteiger partial charge in [0.25, 0.3) is 0 Å². The number of benzene rings is 1. The van der Waals surface area contributed by atoms with Crippen molar-refractivity contribution in [2.45, 2.75) is 32.6 Å². The Hall–Kier alpha value is -1.12. The summed E-state index contributed by atoms with van der Waals surface area (Å²) >= 11 is 1.80. The van der Waals surface area contributed by atoms with Gasteiger partial charge in [-0.1, -0.05) is 45.0 Å². The highest BCUT2D eigenvalue weighted by molar-refractivity contribution is 7.13. The lowest BCUT2D eigenvalue weighted by Gasteiger charge is -2.18. The molecule has 2 aromatic rings. The highest BCUT2D eigenvalue weighted by atomic mass is 32.1. The zero-order chi connectivity index (χ0) is 13.2. The average molecular weight is 259 g/mol. The van der Waals surface area contributed by atoms with Crippen LogP contribution in [0.5, 0.6) is 0 Å². The van der Waals surface area contributed by atoms with E-state index in [9.17, 15) is 0 Å². The van der Waals surface area contributed by atoms with Gasteiger partial charge in [0, 0.05) is 4.88 Å². The van der Waals surface area contributed by atoms with E-state index >= 15 is 0 Å². The summed E-state index contributed by atoms with van der Waals surface area (Å²) in [6.07, 6.45) is 0.969. The summed E-state index contributed by atoms with van der Waals surface area (Å²) in [5.74, 6) is 0. The second-order valence-corrected chi connectivity index (χ2v) is 6.60. The number of hydrogen-bond acceptors (Lipinski definition) is 2. The molecule has 18 heavy (non-hydrogen) atoms. The van der Waals surface area contributed by atoms with E-state index < -0.39 is 0 Å². The van der Waals surface area contributed by atoms with Gasteiger partial charge in [-0.2, -0.15) is 0 Å². The lowest BCUT2D eigenvalue weighted by atomic mass is 9.86. The van der Waals surface area contributed by atoms with Crippen LogP contribution in [0.15, 0.2) is 35.7 Å². The van der Waals surface area contributed by atoms with E-state index in [4.69, 9.17) is 5.73 Å². The predicted molar refractivity (Wildman–Crippen MR) is 81.2 cm³/mol. The molecular weight excluding hydrogens is 238 g/mol. The first-order valence-corrected chi connectivity index (χ1v) is 7.27. The molecule has 1 nitrogen and oxygen atoms in total. The predicted octanol–water partition coefficient (Wildman–Crippen LogP) is 4.21. The first-order valence-electron chi connectivity index (χ1n) is 6.39. The molecule has 0 aliphatic heterocycles. The highest BCUT2D eigenvalue weighted by Gasteiger charge is 2.13. The molecule has 1 heterocycles. The molecule has 0 bridgehead atoms. The van der Waals surface area contributed by atoms with E-state index in [2.05, 4.69) is 56.5 Å². The van der Waals surface area contributed by atoms with Crippen molar-refractivity contribution in [3.8, 4) is 10.4 Å². The number of thiophene rings is 1. The maximum absolute atomic E-state index is 5.58. The zero-order valence-corrected chi connectivity index (χ0v) is 12.2. The summed E-state index contributed by atoms with van der Waals surface area (Å²) < 4.78 is 0. The van der Waals surface area contributed by atoms with Gasteiger partial charge in [0.05, 0.1) is 0 Å². The molecule has 0 saturated heterocycles. The van der Waals surface area contributed by atoms with Crippen molar-refractivity contribution >= 4 is 11.3 Å². The van der Waals surface area contributed by atoms with Gasteiger partial charge >= 0.3 is 0 Å². The Kier molecular flexibility index (Phi) is 3.88. The minimum atomic E-state index is 0.221. The first kappa shape index (κ1) is 13.3. The molecular formula is C16H21NS. The Balaban J connectivity index is 2.23. The number of rotatable bonds is 3. The van der Waals surface area contributed by atoms with Crippen LogP contribution in [0.3, 0.4) is 0 Å². The van der Waals surface area contributed by atoms with Crippen LogP contribution in [0.2, 0.25) is 0 Å². The molecule has 0 radical (unpaired) electrons. The summed E-state index contributed by atoms with van der Waals surface area (Å²) in [6.45, 7) is 7.45. The monoisotopic (exact) mass is 259 g/mol. The van der Waals surface area contributed by atoms with Crippen molar-refractivity contribution in [3.63, 3.8) is 0 Å². The van der Waals surface area contributed by atoms with Crippen molar-refractivity contribution in [2.24, 2.45) is 5.73 Å². The Morgan fingerprint density at radius 3 is 2.33 bits per heavy atom. The lowest BCUT2D eigenvalue weighted by Crippen LogP contribution is -2.10. The van der Waals surface area contributed by atoms with E-state index in [1.165, 1.54) is 21.6 Å². The van der Waals surface area contributed by atoms with Gasteiger partial charge in [0.1, 0.15) is 0 Å². The van der Waals surface area contributed by atoms with Crippen LogP contribution >= 0.6 is 11.3 Å². The standard InChI is InChI=1S/C16H21NS/c1-16(2,3)14-6-4-13(5-7-14)15-10-12(8-9-17)11-18-15/h4-7,10-11H,8-9,17H2,1-3H3. The summed E-state index contributed by atoms with van der Waals surface area (Å²) in [5.41, 5.74) is 9.83. The fourth-order valence-corrected chi connectivity index (χ4v) is 2.92. The second-order valence-electron chi connectivity index (χ2n) is 5.69. The summed E-state index contributed by atoms with van der Waals surface area (Å²) in [5, 5.41) is 2.21. The molecule has 0 saturated carbocycles. The van der Waals surface area contributed by atoms with E-state index in [1.54, 1.807) is 11.3 Å². The Morgan fingerprint density at radius 2 is 1.78 bits per heavy atom. The SMILES string of the molecule is CC(C)(C)c1ccc(-c2cc(CCN)cs2)cc1. The molecule has 0 amide bonds. The lowest BCUT2D eigenvalue weighted by molar-refractivity contribution is 0.590. The molecule has 0 fully saturated rings. The normalized spacial score (nSPS) is 11.8. The number of nitrogens with two attached hydrogens (primary N) is 1. The van der Waals surface area contributed by atoms with E-state index in [0.29, 0.717) is 0 Å². The van der Waals surface area contributed by atoms with E-state index in [1.807, 2.05) is 0 Å². The Morgan fingerprint density at radius 1 is 1.11 bits per heavy atom. The van der Waals surface area contributed by atoms with Crippen LogP contribution in [-0.2, 0) is 11.8 Å². The third-order valence-electron chi connectivity index (χ3n) is 3.12. The molecule has 1 aromatic heterocycles. The fraction of sp³-hybridized carbons (Fsp3) is 0.375. The van der Waals surface area contributed by atoms with Crippen LogP contribution in [0, 0.1) is 0 Å². The Bertz CT molecular complexity index is 503. The van der Waals surface area contributed by atoms with Gasteiger partial charge in [-0.3, -0.25) is 0 Å². The maximum Gasteiger partial charge on any atom is 0.0345 e. The summed E-state index contributed by atoms with van der Waals surface area (Å²) in [6, 6.07) is 11.2. The van der Waals surface area contributed by atoms with Crippen molar-refractivity contribution < 1.29 is 0 Å². The molecule has 96 valence electrons. The summed E-state index contributed by atoms with van der Waals surface area (Å²) in [4.78, 5) is 1.33. The minimum Gasteiger partial charge on any atom is -0.330 e. The second kappa shape index (κ2) is 5.25. The smallest absolute Gasteiger partial charge is 0.0345 e. The molecule has 2 N–H and O–H groups in total. The molecule has 2 rings (SSSR count). The maximum atomic E-state index is 5.58. The average Bonchev–Trinajstić information content (AvgIpc) is 2.77. The molecule has 0 unspecified atom stereocenters. The van der Waals surface area contributed by atoms with Gasteiger partial charge in [-0.15, -0.1) is 11.3 Å². The van der Waals surface area contributed by atoms with Crippen LogP contribution in [0.25, 0.3) is 10.4 Å². The molecule has 2 heteroatoms. The molecule has 0 atom stereocenters. The quantitative estimate of drug-likeness (QED) is 0.877. The number of hydrogen-bond donors (Lipinski definition) is 1. The largest absolute Gasteiger partial charge is 0.330 e. The van der Waals surface area contributed by atoms with Gasteiger partial charge in [-0.05, 0) is 46.5 Å². The van der Waals surface area contributed by atoms with Crippen molar-refractivity contribution in [2.75, 3.05) is 6.54 Å². The zero-order valence-electron chi connectivity index (χ0n) is 11.4. The van der Waals surface area contributed by atoms with Crippen molar-refractivity contribution in [1.82, 2.24) is 0 Å². The Labute approximate surface area is 114 Å². The topological polar surface area (TPSA) is 26.0 Å². The van der Waals surface area contributed by atoms with Gasteiger partial charge < -0.3 is 5.73 Å². The molecule has 0 aliphatic rings. The van der Waals surface area contributed by atoms with E-state index in [-0.39, 0.29) is 5.41 Å². The van der Waals surface area contributed by atoms with Crippen molar-refractivity contribution in [3.05, 3.63) is 46.8 Å². The third kappa shape index (κ3) is 3.01. The van der Waals surface area contributed by atoms with Gasteiger partial charge in [0.15, 0.2) is 0 Å². The van der Waals surface area contributed by atoms with Gasteiger partial charge in [-0.25, -0.2) is 0 Å². The third-order valence-corrected chi connectivity index (χ3v) is 4.15. The van der Waals surface area contributed by atoms with E-state index in [0.717, 1.165) is 13.0 Å². The van der Waals surface area contributed by atoms with Crippen LogP contribution in [-0.4, -0.2) is 6.54 Å². The van der Waals surface area contributed by atoms with Crippen LogP contribution in [0.1, 0.15) is 31.9 Å². The minimum absolute atomic E-state index is 0.221. The highest BCUT2D eigenvalue weighted by Crippen LogP contribution is 2.30. The first-order chi connectivity index (χ1) is 8.50. The van der Waals surface area contributed by atoms with Crippen molar-refractivity contribution in [1.29, 1.82) is 0 Å². The van der Waals surface area contributed by atoms with Crippen LogP contribution < -0.4 is 5.73 Å². The molecule has 0 aliphatic carbocycles. The molecule has 1 aromatic carbocycles.